The molecule has 0 aliphatic rings. The maximum absolute atomic E-state index is 12.8. The molecule has 0 amide bonds. The molecule has 0 saturated heterocycles. The summed E-state index contributed by atoms with van der Waals surface area (Å²) < 4.78 is 22.8. The van der Waals surface area contributed by atoms with Crippen LogP contribution in [0.1, 0.15) is 303 Å². The monoisotopic (exact) mass is 1020 g/mol. The van der Waals surface area contributed by atoms with Gasteiger partial charge in [-0.2, -0.15) is 0 Å². The van der Waals surface area contributed by atoms with Crippen molar-refractivity contribution in [3.8, 4) is 0 Å². The van der Waals surface area contributed by atoms with Gasteiger partial charge in [0, 0.05) is 12.8 Å². The van der Waals surface area contributed by atoms with Crippen molar-refractivity contribution < 1.29 is 42.9 Å². The van der Waals surface area contributed by atoms with Gasteiger partial charge >= 0.3 is 17.9 Å². The largest absolute Gasteiger partial charge is 0.477 e. The lowest BCUT2D eigenvalue weighted by Crippen LogP contribution is -2.40. The van der Waals surface area contributed by atoms with Crippen LogP contribution in [0, 0.1) is 0 Å². The first kappa shape index (κ1) is 69.8. The fourth-order valence-electron chi connectivity index (χ4n) is 9.17. The van der Waals surface area contributed by atoms with Crippen molar-refractivity contribution in [1.82, 2.24) is 0 Å². The molecule has 72 heavy (non-hydrogen) atoms. The predicted molar refractivity (Wildman–Crippen MR) is 304 cm³/mol. The fraction of sp³-hybridized carbons (Fsp3) is 0.889. The van der Waals surface area contributed by atoms with Crippen molar-refractivity contribution in [3.05, 3.63) is 24.3 Å². The van der Waals surface area contributed by atoms with Gasteiger partial charge in [-0.05, 0) is 38.5 Å². The number of ether oxygens (including phenoxy) is 4. The zero-order valence-corrected chi connectivity index (χ0v) is 48.4. The van der Waals surface area contributed by atoms with Crippen LogP contribution in [0.15, 0.2) is 24.3 Å². The molecule has 0 bridgehead atoms. The summed E-state index contributed by atoms with van der Waals surface area (Å²) in [6.07, 6.45) is 63.0. The summed E-state index contributed by atoms with van der Waals surface area (Å²) >= 11 is 0. The smallest absolute Gasteiger partial charge is 0.361 e. The summed E-state index contributed by atoms with van der Waals surface area (Å²) in [6, 6.07) is 0. The Hall–Kier alpha value is -2.23. The van der Waals surface area contributed by atoms with Crippen molar-refractivity contribution in [1.29, 1.82) is 0 Å². The summed E-state index contributed by atoms with van der Waals surface area (Å²) in [7, 11) is 5.97. The molecule has 2 unspecified atom stereocenters. The molecule has 0 saturated carbocycles. The number of allylic oxidation sites excluding steroid dienone is 4. The van der Waals surface area contributed by atoms with E-state index in [0.717, 1.165) is 64.2 Å². The number of carboxylic acids is 1. The van der Waals surface area contributed by atoms with Crippen LogP contribution in [0.5, 0.6) is 0 Å². The zero-order chi connectivity index (χ0) is 52.7. The molecule has 0 aliphatic carbocycles. The molecular weight excluding hydrogens is 899 g/mol. The molecule has 1 N–H and O–H groups in total. The third-order valence-electron chi connectivity index (χ3n) is 13.9. The SMILES string of the molecule is CCC/C=C\C/C=C\CCCCCCCC(=O)OC(COC(=O)CCCCCCCCCCCCCCCCCCCCCCCCCCCCCCCCCCCC)COC(OCC[N+](C)(C)C)C(=O)O. The Balaban J connectivity index is 3.96. The number of rotatable bonds is 58. The minimum Gasteiger partial charge on any atom is -0.477 e. The second-order valence-electron chi connectivity index (χ2n) is 22.4. The number of unbranched alkanes of at least 4 members (excludes halogenated alkanes) is 39. The lowest BCUT2D eigenvalue weighted by atomic mass is 10.0. The van der Waals surface area contributed by atoms with Crippen LogP contribution in [0.25, 0.3) is 0 Å². The number of aliphatic carboxylic acids is 1. The molecule has 424 valence electrons. The van der Waals surface area contributed by atoms with Crippen LogP contribution in [0.2, 0.25) is 0 Å². The summed E-state index contributed by atoms with van der Waals surface area (Å²) in [5.74, 6) is -2.01. The Kier molecular flexibility index (Phi) is 53.3. The van der Waals surface area contributed by atoms with Gasteiger partial charge in [-0.25, -0.2) is 4.79 Å². The third kappa shape index (κ3) is 55.5. The molecule has 0 spiro atoms. The van der Waals surface area contributed by atoms with Crippen LogP contribution in [0.4, 0.5) is 0 Å². The second kappa shape index (κ2) is 55.0. The highest BCUT2D eigenvalue weighted by Crippen LogP contribution is 2.18. The molecule has 9 nitrogen and oxygen atoms in total. The lowest BCUT2D eigenvalue weighted by Gasteiger charge is -2.25. The van der Waals surface area contributed by atoms with Gasteiger partial charge in [0.15, 0.2) is 6.10 Å². The van der Waals surface area contributed by atoms with Crippen LogP contribution in [0.3, 0.4) is 0 Å². The fourth-order valence-corrected chi connectivity index (χ4v) is 9.17. The summed E-state index contributed by atoms with van der Waals surface area (Å²) in [5.41, 5.74) is 0. The van der Waals surface area contributed by atoms with Gasteiger partial charge in [-0.1, -0.05) is 276 Å². The number of quaternary nitrogens is 1. The normalized spacial score (nSPS) is 12.8. The maximum Gasteiger partial charge on any atom is 0.361 e. The number of nitrogens with zero attached hydrogens (tertiary/aromatic N) is 1. The molecule has 0 rings (SSSR count). The van der Waals surface area contributed by atoms with E-state index in [4.69, 9.17) is 18.9 Å². The molecule has 0 aromatic rings. The van der Waals surface area contributed by atoms with E-state index in [1.807, 2.05) is 21.1 Å². The number of hydrogen-bond acceptors (Lipinski definition) is 7. The Labute approximate surface area is 446 Å². The van der Waals surface area contributed by atoms with Crippen LogP contribution < -0.4 is 0 Å². The van der Waals surface area contributed by atoms with Gasteiger partial charge < -0.3 is 28.5 Å². The number of likely N-dealkylation sites (N-methyl/N-ethyl adjacent to an activating group) is 1. The number of carbonyl (C=O) groups excluding carboxylic acids is 2. The first-order valence-electron chi connectivity index (χ1n) is 31.0. The molecule has 0 radical (unpaired) electrons. The van der Waals surface area contributed by atoms with Gasteiger partial charge in [-0.15, -0.1) is 0 Å². The Morgan fingerprint density at radius 1 is 0.417 bits per heavy atom. The predicted octanol–water partition coefficient (Wildman–Crippen LogP) is 18.3. The van der Waals surface area contributed by atoms with Gasteiger partial charge in [0.2, 0.25) is 0 Å². The van der Waals surface area contributed by atoms with E-state index in [1.54, 1.807) is 0 Å². The van der Waals surface area contributed by atoms with Gasteiger partial charge in [0.1, 0.15) is 13.2 Å². The molecule has 0 fully saturated rings. The van der Waals surface area contributed by atoms with Crippen molar-refractivity contribution in [2.75, 3.05) is 47.5 Å². The van der Waals surface area contributed by atoms with E-state index < -0.39 is 24.3 Å². The van der Waals surface area contributed by atoms with Crippen LogP contribution >= 0.6 is 0 Å². The summed E-state index contributed by atoms with van der Waals surface area (Å²) in [6.45, 7) is 4.84. The summed E-state index contributed by atoms with van der Waals surface area (Å²) in [4.78, 5) is 37.3. The average molecular weight is 1020 g/mol. The standard InChI is InChI=1S/C63H119NO8/c1-6-8-10-12-14-16-18-20-21-22-23-24-25-26-27-28-29-30-31-32-33-34-35-36-37-38-39-40-42-43-45-47-49-51-53-60(65)70-57-59(58-71-63(62(67)68)69-56-55-64(3,4)5)72-61(66)54-52-50-48-46-44-41-19-17-15-13-11-9-7-2/h11,13,17,19,59,63H,6-10,12,14-16,18,20-58H2,1-5H3/p+1/b13-11-,19-17-. The molecule has 9 heteroatoms. The maximum atomic E-state index is 12.8. The Morgan fingerprint density at radius 2 is 0.778 bits per heavy atom. The number of carboxylic acid groups (broad SMARTS) is 1. The minimum absolute atomic E-state index is 0.183. The topological polar surface area (TPSA) is 108 Å². The molecule has 0 aromatic carbocycles. The van der Waals surface area contributed by atoms with Crippen molar-refractivity contribution in [2.45, 2.75) is 315 Å². The molecule has 2 atom stereocenters. The highest BCUT2D eigenvalue weighted by atomic mass is 16.7. The van der Waals surface area contributed by atoms with Crippen molar-refractivity contribution in [3.63, 3.8) is 0 Å². The first-order valence-corrected chi connectivity index (χ1v) is 31.0. The number of esters is 2. The zero-order valence-electron chi connectivity index (χ0n) is 48.4. The second-order valence-corrected chi connectivity index (χ2v) is 22.4. The van der Waals surface area contributed by atoms with E-state index in [9.17, 15) is 19.5 Å². The molecular formula is C63H120NO8+. The van der Waals surface area contributed by atoms with Crippen LogP contribution in [-0.4, -0.2) is 87.4 Å². The highest BCUT2D eigenvalue weighted by Gasteiger charge is 2.25. The first-order chi connectivity index (χ1) is 35.1. The van der Waals surface area contributed by atoms with E-state index in [0.29, 0.717) is 23.9 Å². The highest BCUT2D eigenvalue weighted by molar-refractivity contribution is 5.71. The number of carbonyl (C=O) groups is 3. The van der Waals surface area contributed by atoms with Crippen LogP contribution in [-0.2, 0) is 33.3 Å². The average Bonchev–Trinajstić information content (AvgIpc) is 3.35. The minimum atomic E-state index is -1.51. The Bertz CT molecular complexity index is 1230. The van der Waals surface area contributed by atoms with Gasteiger partial charge in [0.05, 0.1) is 34.4 Å². The van der Waals surface area contributed by atoms with E-state index in [1.165, 1.54) is 205 Å². The van der Waals surface area contributed by atoms with Gasteiger partial charge in [-0.3, -0.25) is 9.59 Å². The van der Waals surface area contributed by atoms with E-state index in [-0.39, 0.29) is 32.2 Å². The van der Waals surface area contributed by atoms with E-state index in [2.05, 4.69) is 38.2 Å². The van der Waals surface area contributed by atoms with Gasteiger partial charge in [0.25, 0.3) is 6.29 Å². The summed E-state index contributed by atoms with van der Waals surface area (Å²) in [5, 5.41) is 9.68. The number of hydrogen-bond donors (Lipinski definition) is 1. The molecule has 0 aromatic heterocycles. The van der Waals surface area contributed by atoms with Crippen molar-refractivity contribution >= 4 is 17.9 Å². The van der Waals surface area contributed by atoms with Crippen molar-refractivity contribution in [2.24, 2.45) is 0 Å². The van der Waals surface area contributed by atoms with E-state index >= 15 is 0 Å². The Morgan fingerprint density at radius 3 is 1.15 bits per heavy atom. The molecule has 0 heterocycles. The quantitative estimate of drug-likeness (QED) is 0.0211. The third-order valence-corrected chi connectivity index (χ3v) is 13.9. The lowest BCUT2D eigenvalue weighted by molar-refractivity contribution is -0.870. The molecule has 0 aliphatic heterocycles.